The van der Waals surface area contributed by atoms with Gasteiger partial charge >= 0.3 is 5.97 Å². The Hall–Kier alpha value is -3.94. The van der Waals surface area contributed by atoms with Crippen LogP contribution < -0.4 is 10.1 Å². The summed E-state index contributed by atoms with van der Waals surface area (Å²) in [5.74, 6) is -1.44. The first-order valence-electron chi connectivity index (χ1n) is 8.74. The lowest BCUT2D eigenvalue weighted by molar-refractivity contribution is -0.141. The topological polar surface area (TPSA) is 132 Å². The second-order valence-electron chi connectivity index (χ2n) is 6.41. The van der Waals surface area contributed by atoms with Gasteiger partial charge in [-0.15, -0.1) is 0 Å². The summed E-state index contributed by atoms with van der Waals surface area (Å²) in [7, 11) is 1.41. The number of hydrogen-bond donors (Lipinski definition) is 5. The summed E-state index contributed by atoms with van der Waals surface area (Å²) in [4.78, 5) is 26.8. The minimum Gasteiger partial charge on any atom is -0.508 e. The predicted molar refractivity (Wildman–Crippen MR) is 107 cm³/mol. The summed E-state index contributed by atoms with van der Waals surface area (Å²) >= 11 is 0. The predicted octanol–water partition coefficient (Wildman–Crippen LogP) is 2.41. The van der Waals surface area contributed by atoms with Gasteiger partial charge in [-0.05, 0) is 47.5 Å². The van der Waals surface area contributed by atoms with Crippen molar-refractivity contribution in [2.75, 3.05) is 7.11 Å². The zero-order valence-corrected chi connectivity index (χ0v) is 15.5. The summed E-state index contributed by atoms with van der Waals surface area (Å²) in [6.07, 6.45) is 4.40. The van der Waals surface area contributed by atoms with Crippen LogP contribution in [0.1, 0.15) is 11.1 Å². The number of phenolic OH excluding ortho intramolecular Hbond substituents is 2. The zero-order valence-electron chi connectivity index (χ0n) is 15.5. The number of aliphatic carboxylic acids is 1. The maximum Gasteiger partial charge on any atom is 0.326 e. The smallest absolute Gasteiger partial charge is 0.326 e. The van der Waals surface area contributed by atoms with Crippen molar-refractivity contribution in [2.24, 2.45) is 0 Å². The number of H-pyrrole nitrogens is 1. The molecule has 1 aromatic heterocycles. The summed E-state index contributed by atoms with van der Waals surface area (Å²) in [6, 6.07) is 8.19. The van der Waals surface area contributed by atoms with Crippen LogP contribution in [-0.2, 0) is 16.0 Å². The number of aromatic nitrogens is 1. The summed E-state index contributed by atoms with van der Waals surface area (Å²) in [5.41, 5.74) is 2.03. The summed E-state index contributed by atoms with van der Waals surface area (Å²) in [6.45, 7) is 0. The van der Waals surface area contributed by atoms with E-state index in [9.17, 15) is 24.9 Å². The van der Waals surface area contributed by atoms with E-state index in [-0.39, 0.29) is 23.7 Å². The molecular weight excluding hydrogens is 376 g/mol. The van der Waals surface area contributed by atoms with Crippen LogP contribution in [0.2, 0.25) is 0 Å². The van der Waals surface area contributed by atoms with Crippen molar-refractivity contribution in [2.45, 2.75) is 12.5 Å². The number of methoxy groups -OCH3 is 1. The molecule has 0 bridgehead atoms. The highest BCUT2D eigenvalue weighted by molar-refractivity contribution is 5.95. The van der Waals surface area contributed by atoms with Crippen molar-refractivity contribution in [1.29, 1.82) is 0 Å². The van der Waals surface area contributed by atoms with Crippen LogP contribution in [0, 0.1) is 0 Å². The first-order valence-corrected chi connectivity index (χ1v) is 8.74. The molecule has 8 heteroatoms. The van der Waals surface area contributed by atoms with E-state index in [0.29, 0.717) is 16.5 Å². The number of nitrogens with one attached hydrogen (secondary N) is 2. The molecule has 1 heterocycles. The van der Waals surface area contributed by atoms with E-state index >= 15 is 0 Å². The van der Waals surface area contributed by atoms with Crippen molar-refractivity contribution < 1.29 is 29.6 Å². The third-order valence-electron chi connectivity index (χ3n) is 4.42. The number of carboxylic acids is 1. The van der Waals surface area contributed by atoms with Crippen LogP contribution in [0.15, 0.2) is 48.7 Å². The molecule has 0 spiro atoms. The molecule has 1 unspecified atom stereocenters. The van der Waals surface area contributed by atoms with Crippen LogP contribution in [-0.4, -0.2) is 45.3 Å². The number of hydrogen-bond acceptors (Lipinski definition) is 5. The van der Waals surface area contributed by atoms with Crippen molar-refractivity contribution in [3.8, 4) is 17.2 Å². The number of phenols is 2. The molecule has 2 aromatic carbocycles. The van der Waals surface area contributed by atoms with E-state index in [0.717, 1.165) is 5.52 Å². The fourth-order valence-corrected chi connectivity index (χ4v) is 2.94. The van der Waals surface area contributed by atoms with E-state index in [2.05, 4.69) is 10.3 Å². The Kier molecular flexibility index (Phi) is 5.73. The van der Waals surface area contributed by atoms with Gasteiger partial charge in [0.15, 0.2) is 11.5 Å². The number of carbonyl (C=O) groups is 2. The van der Waals surface area contributed by atoms with Gasteiger partial charge in [0.05, 0.1) is 7.11 Å². The first kappa shape index (κ1) is 19.8. The van der Waals surface area contributed by atoms with Gasteiger partial charge in [0.1, 0.15) is 11.8 Å². The molecule has 150 valence electrons. The van der Waals surface area contributed by atoms with Crippen LogP contribution in [0.25, 0.3) is 17.0 Å². The highest BCUT2D eigenvalue weighted by Crippen LogP contribution is 2.27. The second-order valence-corrected chi connectivity index (χ2v) is 6.41. The number of fused-ring (bicyclic) bond motifs is 1. The molecular formula is C21H20N2O6. The number of amides is 1. The molecule has 3 rings (SSSR count). The van der Waals surface area contributed by atoms with Crippen molar-refractivity contribution in [3.63, 3.8) is 0 Å². The molecule has 0 aliphatic carbocycles. The summed E-state index contributed by atoms with van der Waals surface area (Å²) < 4.78 is 5.01. The van der Waals surface area contributed by atoms with Gasteiger partial charge in [-0.1, -0.05) is 6.07 Å². The number of aromatic hydroxyl groups is 2. The standard InChI is InChI=1S/C21H20N2O6/c1-29-19-8-12(2-6-18(19)25)3-7-20(26)23-17(21(27)28)9-13-11-22-16-5-4-14(24)10-15(13)16/h2-8,10-11,17,22,24-25H,9H2,1H3,(H,23,26)(H,27,28). The monoisotopic (exact) mass is 396 g/mol. The Labute approximate surface area is 166 Å². The zero-order chi connectivity index (χ0) is 21.0. The molecule has 0 saturated carbocycles. The molecule has 0 aliphatic heterocycles. The number of carboxylic acid groups (broad SMARTS) is 1. The van der Waals surface area contributed by atoms with Crippen LogP contribution in [0.3, 0.4) is 0 Å². The molecule has 5 N–H and O–H groups in total. The highest BCUT2D eigenvalue weighted by atomic mass is 16.5. The van der Waals surface area contributed by atoms with Crippen molar-refractivity contribution in [1.82, 2.24) is 10.3 Å². The van der Waals surface area contributed by atoms with Crippen LogP contribution in [0.5, 0.6) is 17.2 Å². The maximum absolute atomic E-state index is 12.2. The van der Waals surface area contributed by atoms with Gasteiger partial charge in [-0.3, -0.25) is 4.79 Å². The maximum atomic E-state index is 12.2. The van der Waals surface area contributed by atoms with Gasteiger partial charge in [-0.25, -0.2) is 4.79 Å². The molecule has 0 saturated heterocycles. The lowest BCUT2D eigenvalue weighted by atomic mass is 10.0. The average Bonchev–Trinajstić information content (AvgIpc) is 3.08. The molecule has 0 radical (unpaired) electrons. The van der Waals surface area contributed by atoms with Gasteiger partial charge < -0.3 is 30.4 Å². The highest BCUT2D eigenvalue weighted by Gasteiger charge is 2.21. The quantitative estimate of drug-likeness (QED) is 0.390. The Morgan fingerprint density at radius 1 is 1.21 bits per heavy atom. The van der Waals surface area contributed by atoms with E-state index in [4.69, 9.17) is 4.74 Å². The van der Waals surface area contributed by atoms with Crippen molar-refractivity contribution in [3.05, 3.63) is 59.8 Å². The fraction of sp³-hybridized carbons (Fsp3) is 0.143. The van der Waals surface area contributed by atoms with E-state index < -0.39 is 17.9 Å². The number of carbonyl (C=O) groups excluding carboxylic acids is 1. The largest absolute Gasteiger partial charge is 0.508 e. The molecule has 0 aliphatic rings. The van der Waals surface area contributed by atoms with Crippen molar-refractivity contribution >= 4 is 28.9 Å². The SMILES string of the molecule is COc1cc(C=CC(=O)NC(Cc2c[nH]c3ccc(O)cc23)C(=O)O)ccc1O. The Morgan fingerprint density at radius 3 is 2.72 bits per heavy atom. The minimum absolute atomic E-state index is 0.0233. The van der Waals surface area contributed by atoms with Gasteiger partial charge in [0.2, 0.25) is 5.91 Å². The normalized spacial score (nSPS) is 12.2. The first-order chi connectivity index (χ1) is 13.9. The van der Waals surface area contributed by atoms with Crippen LogP contribution in [0.4, 0.5) is 0 Å². The fourth-order valence-electron chi connectivity index (χ4n) is 2.94. The van der Waals surface area contributed by atoms with Gasteiger partial charge in [0.25, 0.3) is 0 Å². The molecule has 8 nitrogen and oxygen atoms in total. The Bertz CT molecular complexity index is 1090. The number of benzene rings is 2. The molecule has 29 heavy (non-hydrogen) atoms. The molecule has 0 fully saturated rings. The lowest BCUT2D eigenvalue weighted by Crippen LogP contribution is -2.41. The third kappa shape index (κ3) is 4.67. The minimum atomic E-state index is -1.17. The van der Waals surface area contributed by atoms with E-state index in [1.54, 1.807) is 30.5 Å². The van der Waals surface area contributed by atoms with Gasteiger partial charge in [0, 0.05) is 29.6 Å². The van der Waals surface area contributed by atoms with Gasteiger partial charge in [-0.2, -0.15) is 0 Å². The lowest BCUT2D eigenvalue weighted by Gasteiger charge is -2.13. The summed E-state index contributed by atoms with van der Waals surface area (Å²) in [5, 5.41) is 31.9. The molecule has 1 atom stereocenters. The van der Waals surface area contributed by atoms with E-state index in [1.807, 2.05) is 0 Å². The number of rotatable bonds is 7. The Balaban J connectivity index is 1.72. The average molecular weight is 396 g/mol. The number of ether oxygens (including phenoxy) is 1. The molecule has 1 amide bonds. The second kappa shape index (κ2) is 8.39. The van der Waals surface area contributed by atoms with E-state index in [1.165, 1.54) is 31.4 Å². The van der Waals surface area contributed by atoms with Crippen LogP contribution >= 0.6 is 0 Å². The Morgan fingerprint density at radius 2 is 2.00 bits per heavy atom. The third-order valence-corrected chi connectivity index (χ3v) is 4.42. The molecule has 3 aromatic rings. The number of aromatic amines is 1.